The van der Waals surface area contributed by atoms with Gasteiger partial charge in [0.15, 0.2) is 0 Å². The Bertz CT molecular complexity index is 763. The second-order valence-corrected chi connectivity index (χ2v) is 4.32. The maximum atomic E-state index is 12.8. The number of rotatable bonds is 3. The van der Waals surface area contributed by atoms with E-state index >= 15 is 0 Å². The highest BCUT2D eigenvalue weighted by Gasteiger charge is 2.07. The molecule has 104 valence electrons. The summed E-state index contributed by atoms with van der Waals surface area (Å²) in [5, 5.41) is 3.80. The van der Waals surface area contributed by atoms with Gasteiger partial charge in [0.25, 0.3) is 5.89 Å². The largest absolute Gasteiger partial charge is 0.399 e. The molecular weight excluding hydrogens is 271 g/mol. The Balaban J connectivity index is 1.78. The smallest absolute Gasteiger partial charge is 0.251 e. The van der Waals surface area contributed by atoms with Crippen molar-refractivity contribution in [3.8, 4) is 11.5 Å². The number of hydrogen-bond acceptors (Lipinski definition) is 5. The quantitative estimate of drug-likeness (QED) is 0.747. The lowest BCUT2D eigenvalue weighted by Crippen LogP contribution is -1.86. The average molecular weight is 282 g/mol. The molecule has 0 aliphatic carbocycles. The van der Waals surface area contributed by atoms with Gasteiger partial charge in [0.1, 0.15) is 11.5 Å². The van der Waals surface area contributed by atoms with Crippen LogP contribution in [-0.4, -0.2) is 15.1 Å². The lowest BCUT2D eigenvalue weighted by molar-refractivity contribution is 0.411. The number of pyridine rings is 1. The van der Waals surface area contributed by atoms with Gasteiger partial charge in [0.05, 0.1) is 6.20 Å². The van der Waals surface area contributed by atoms with Crippen LogP contribution in [0.4, 0.5) is 10.1 Å². The molecule has 0 radical (unpaired) electrons. The number of anilines is 1. The summed E-state index contributed by atoms with van der Waals surface area (Å²) in [6, 6.07) is 10.2. The van der Waals surface area contributed by atoms with E-state index in [1.807, 2.05) is 18.2 Å². The van der Waals surface area contributed by atoms with Gasteiger partial charge in [0.2, 0.25) is 5.82 Å². The van der Waals surface area contributed by atoms with Crippen molar-refractivity contribution in [3.05, 3.63) is 59.9 Å². The molecule has 3 aromatic rings. The molecular formula is C15H11FN4O. The second kappa shape index (κ2) is 5.54. The predicted octanol–water partition coefficient (Wildman–Crippen LogP) is 3.02. The van der Waals surface area contributed by atoms with E-state index in [4.69, 9.17) is 10.3 Å². The van der Waals surface area contributed by atoms with Gasteiger partial charge < -0.3 is 10.3 Å². The van der Waals surface area contributed by atoms with Crippen molar-refractivity contribution in [2.45, 2.75) is 0 Å². The molecule has 2 heterocycles. The molecule has 0 aliphatic heterocycles. The van der Waals surface area contributed by atoms with E-state index in [9.17, 15) is 4.39 Å². The fraction of sp³-hybridized carbons (Fsp3) is 0. The van der Waals surface area contributed by atoms with E-state index < -0.39 is 5.82 Å². The van der Waals surface area contributed by atoms with E-state index in [1.54, 1.807) is 18.2 Å². The molecule has 0 spiro atoms. The zero-order valence-corrected chi connectivity index (χ0v) is 10.9. The molecule has 0 saturated carbocycles. The Kier molecular flexibility index (Phi) is 3.42. The molecule has 0 saturated heterocycles. The molecule has 21 heavy (non-hydrogen) atoms. The molecule has 6 heteroatoms. The summed E-state index contributed by atoms with van der Waals surface area (Å²) in [7, 11) is 0. The maximum absolute atomic E-state index is 12.8. The lowest BCUT2D eigenvalue weighted by atomic mass is 10.2. The second-order valence-electron chi connectivity index (χ2n) is 4.32. The summed E-state index contributed by atoms with van der Waals surface area (Å²) in [6.45, 7) is 0. The lowest BCUT2D eigenvalue weighted by Gasteiger charge is -1.93. The van der Waals surface area contributed by atoms with Gasteiger partial charge >= 0.3 is 0 Å². The fourth-order valence-electron chi connectivity index (χ4n) is 1.69. The SMILES string of the molecule is Nc1ccc(/C=C/c2nc(-c3ccc(F)cn3)no2)cc1. The third-order valence-electron chi connectivity index (χ3n) is 2.75. The highest BCUT2D eigenvalue weighted by molar-refractivity contribution is 5.67. The first-order valence-electron chi connectivity index (χ1n) is 6.20. The molecule has 0 fully saturated rings. The standard InChI is InChI=1S/C15H11FN4O/c16-11-4-7-13(18-9-11)15-19-14(21-20-15)8-3-10-1-5-12(17)6-2-10/h1-9H,17H2/b8-3+. The van der Waals surface area contributed by atoms with Crippen LogP contribution >= 0.6 is 0 Å². The Morgan fingerprint density at radius 1 is 1.05 bits per heavy atom. The Morgan fingerprint density at radius 2 is 1.86 bits per heavy atom. The van der Waals surface area contributed by atoms with Crippen LogP contribution in [0.1, 0.15) is 11.5 Å². The summed E-state index contributed by atoms with van der Waals surface area (Å²) in [5.41, 5.74) is 7.73. The van der Waals surface area contributed by atoms with Gasteiger partial charge in [-0.25, -0.2) is 9.37 Å². The van der Waals surface area contributed by atoms with Crippen molar-refractivity contribution in [2.75, 3.05) is 5.73 Å². The normalized spacial score (nSPS) is 11.1. The number of nitrogens with two attached hydrogens (primary N) is 1. The van der Waals surface area contributed by atoms with Crippen molar-refractivity contribution >= 4 is 17.8 Å². The number of aromatic nitrogens is 3. The first-order chi connectivity index (χ1) is 10.2. The van der Waals surface area contributed by atoms with Crippen molar-refractivity contribution in [2.24, 2.45) is 0 Å². The summed E-state index contributed by atoms with van der Waals surface area (Å²) < 4.78 is 17.9. The molecule has 1 aromatic carbocycles. The van der Waals surface area contributed by atoms with Gasteiger partial charge in [-0.05, 0) is 35.9 Å². The van der Waals surface area contributed by atoms with Gasteiger partial charge in [-0.1, -0.05) is 17.3 Å². The molecule has 0 amide bonds. The van der Waals surface area contributed by atoms with E-state index in [0.717, 1.165) is 11.8 Å². The Hall–Kier alpha value is -3.02. The molecule has 0 bridgehead atoms. The molecule has 2 N–H and O–H groups in total. The topological polar surface area (TPSA) is 77.8 Å². The molecule has 0 atom stereocenters. The van der Waals surface area contributed by atoms with E-state index in [2.05, 4.69) is 15.1 Å². The number of hydrogen-bond donors (Lipinski definition) is 1. The monoisotopic (exact) mass is 282 g/mol. The number of halogens is 1. The molecule has 3 rings (SSSR count). The average Bonchev–Trinajstić information content (AvgIpc) is 2.96. The van der Waals surface area contributed by atoms with Crippen LogP contribution in [0, 0.1) is 5.82 Å². The zero-order chi connectivity index (χ0) is 14.7. The van der Waals surface area contributed by atoms with Crippen LogP contribution in [0.5, 0.6) is 0 Å². The molecule has 0 unspecified atom stereocenters. The van der Waals surface area contributed by atoms with Crippen molar-refractivity contribution in [3.63, 3.8) is 0 Å². The van der Waals surface area contributed by atoms with Crippen LogP contribution in [0.2, 0.25) is 0 Å². The van der Waals surface area contributed by atoms with Crippen molar-refractivity contribution < 1.29 is 8.91 Å². The Labute approximate surface area is 119 Å². The zero-order valence-electron chi connectivity index (χ0n) is 10.9. The highest BCUT2D eigenvalue weighted by Crippen LogP contribution is 2.15. The first kappa shape index (κ1) is 13.0. The minimum absolute atomic E-state index is 0.312. The van der Waals surface area contributed by atoms with Gasteiger partial charge in [-0.15, -0.1) is 0 Å². The summed E-state index contributed by atoms with van der Waals surface area (Å²) in [6.07, 6.45) is 4.62. The Morgan fingerprint density at radius 3 is 2.57 bits per heavy atom. The maximum Gasteiger partial charge on any atom is 0.251 e. The van der Waals surface area contributed by atoms with Crippen LogP contribution in [0.15, 0.2) is 47.1 Å². The van der Waals surface area contributed by atoms with Crippen molar-refractivity contribution in [1.29, 1.82) is 0 Å². The predicted molar refractivity (Wildman–Crippen MR) is 77.3 cm³/mol. The number of nitrogens with zero attached hydrogens (tertiary/aromatic N) is 3. The van der Waals surface area contributed by atoms with E-state index in [-0.39, 0.29) is 0 Å². The summed E-state index contributed by atoms with van der Waals surface area (Å²) in [4.78, 5) is 8.06. The molecule has 5 nitrogen and oxygen atoms in total. The van der Waals surface area contributed by atoms with Crippen molar-refractivity contribution in [1.82, 2.24) is 15.1 Å². The third kappa shape index (κ3) is 3.11. The van der Waals surface area contributed by atoms with Gasteiger partial charge in [-0.3, -0.25) is 0 Å². The summed E-state index contributed by atoms with van der Waals surface area (Å²) in [5.74, 6) is 0.241. The van der Waals surface area contributed by atoms with Crippen LogP contribution < -0.4 is 5.73 Å². The summed E-state index contributed by atoms with van der Waals surface area (Å²) >= 11 is 0. The number of nitrogen functional groups attached to an aromatic ring is 1. The van der Waals surface area contributed by atoms with Crippen LogP contribution in [0.25, 0.3) is 23.7 Å². The molecule has 0 aliphatic rings. The van der Waals surface area contributed by atoms with Crippen LogP contribution in [0.3, 0.4) is 0 Å². The van der Waals surface area contributed by atoms with E-state index in [1.165, 1.54) is 12.1 Å². The minimum Gasteiger partial charge on any atom is -0.399 e. The highest BCUT2D eigenvalue weighted by atomic mass is 19.1. The third-order valence-corrected chi connectivity index (χ3v) is 2.75. The van der Waals surface area contributed by atoms with Gasteiger partial charge in [0, 0.05) is 11.8 Å². The first-order valence-corrected chi connectivity index (χ1v) is 6.20. The number of benzene rings is 1. The minimum atomic E-state index is -0.411. The van der Waals surface area contributed by atoms with E-state index in [0.29, 0.717) is 23.1 Å². The van der Waals surface area contributed by atoms with Crippen LogP contribution in [-0.2, 0) is 0 Å². The fourth-order valence-corrected chi connectivity index (χ4v) is 1.69. The molecule has 2 aromatic heterocycles. The van der Waals surface area contributed by atoms with Gasteiger partial charge in [-0.2, -0.15) is 4.98 Å².